The van der Waals surface area contributed by atoms with Gasteiger partial charge >= 0.3 is 0 Å². The van der Waals surface area contributed by atoms with Crippen LogP contribution in [-0.2, 0) is 4.79 Å². The Morgan fingerprint density at radius 2 is 2.06 bits per heavy atom. The number of primary amides is 1. The molecule has 0 aromatic rings. The topological polar surface area (TPSA) is 75.6 Å². The lowest BCUT2D eigenvalue weighted by atomic mass is 10.1. The van der Waals surface area contributed by atoms with E-state index in [1.54, 1.807) is 0 Å². The average molecular weight is 242 g/mol. The van der Waals surface area contributed by atoms with Crippen LogP contribution in [0, 0.1) is 0 Å². The quantitative estimate of drug-likeness (QED) is 0.665. The Hall–Kier alpha value is -0.650. The summed E-state index contributed by atoms with van der Waals surface area (Å²) in [7, 11) is 0. The molecule has 1 aliphatic rings. The molecule has 0 radical (unpaired) electrons. The Morgan fingerprint density at radius 1 is 1.29 bits per heavy atom. The predicted molar refractivity (Wildman–Crippen MR) is 69.6 cm³/mol. The lowest BCUT2D eigenvalue weighted by Gasteiger charge is -2.27. The monoisotopic (exact) mass is 242 g/mol. The molecular formula is C12H26N4O. The Bertz CT molecular complexity index is 235. The first-order valence-electron chi connectivity index (χ1n) is 6.64. The summed E-state index contributed by atoms with van der Waals surface area (Å²) in [5.41, 5.74) is 11.0. The highest BCUT2D eigenvalue weighted by molar-refractivity contribution is 5.79. The molecule has 1 fully saturated rings. The van der Waals surface area contributed by atoms with Crippen LogP contribution in [0.5, 0.6) is 0 Å². The lowest BCUT2D eigenvalue weighted by molar-refractivity contribution is -0.123. The second-order valence-electron chi connectivity index (χ2n) is 4.70. The first-order chi connectivity index (χ1) is 8.19. The summed E-state index contributed by atoms with van der Waals surface area (Å²) in [4.78, 5) is 16.0. The molecule has 5 nitrogen and oxygen atoms in total. The maximum atomic E-state index is 11.3. The molecule has 0 aromatic carbocycles. The number of carbonyl (C=O) groups excluding carboxylic acids is 1. The molecule has 1 saturated heterocycles. The number of amides is 1. The largest absolute Gasteiger partial charge is 0.368 e. The molecule has 0 bridgehead atoms. The smallest absolute Gasteiger partial charge is 0.234 e. The van der Waals surface area contributed by atoms with Gasteiger partial charge in [-0.15, -0.1) is 0 Å². The van der Waals surface area contributed by atoms with Gasteiger partial charge in [-0.25, -0.2) is 0 Å². The standard InChI is InChI=1S/C12H26N4O/c1-2-11(12(14)17)16-8-4-7-15(9-10-16)6-3-5-13/h11H,2-10,13H2,1H3,(H2,14,17). The lowest BCUT2D eigenvalue weighted by Crippen LogP contribution is -2.46. The highest BCUT2D eigenvalue weighted by atomic mass is 16.1. The molecule has 1 rings (SSSR count). The normalized spacial score (nSPS) is 21.1. The summed E-state index contributed by atoms with van der Waals surface area (Å²) in [6.07, 6.45) is 2.96. The third-order valence-electron chi connectivity index (χ3n) is 3.46. The van der Waals surface area contributed by atoms with Crippen molar-refractivity contribution >= 4 is 5.91 Å². The van der Waals surface area contributed by atoms with Gasteiger partial charge in [0.25, 0.3) is 0 Å². The van der Waals surface area contributed by atoms with Crippen molar-refractivity contribution in [2.75, 3.05) is 39.3 Å². The summed E-state index contributed by atoms with van der Waals surface area (Å²) >= 11 is 0. The van der Waals surface area contributed by atoms with Crippen molar-refractivity contribution in [2.24, 2.45) is 11.5 Å². The fourth-order valence-corrected chi connectivity index (χ4v) is 2.48. The Labute approximate surface area is 104 Å². The Kier molecular flexibility index (Phi) is 6.47. The minimum absolute atomic E-state index is 0.0931. The van der Waals surface area contributed by atoms with Gasteiger partial charge in [0.2, 0.25) is 5.91 Å². The van der Waals surface area contributed by atoms with Crippen molar-refractivity contribution in [2.45, 2.75) is 32.2 Å². The molecule has 0 saturated carbocycles. The highest BCUT2D eigenvalue weighted by Gasteiger charge is 2.24. The van der Waals surface area contributed by atoms with Crippen molar-refractivity contribution in [3.63, 3.8) is 0 Å². The van der Waals surface area contributed by atoms with Crippen LogP contribution in [0.1, 0.15) is 26.2 Å². The second-order valence-corrected chi connectivity index (χ2v) is 4.70. The first kappa shape index (κ1) is 14.4. The number of nitrogens with zero attached hydrogens (tertiary/aromatic N) is 2. The van der Waals surface area contributed by atoms with Gasteiger partial charge in [0, 0.05) is 19.6 Å². The van der Waals surface area contributed by atoms with Gasteiger partial charge in [0.15, 0.2) is 0 Å². The molecule has 1 amide bonds. The highest BCUT2D eigenvalue weighted by Crippen LogP contribution is 2.09. The molecule has 0 aliphatic carbocycles. The molecule has 100 valence electrons. The van der Waals surface area contributed by atoms with E-state index in [1.807, 2.05) is 6.92 Å². The minimum atomic E-state index is -0.192. The summed E-state index contributed by atoms with van der Waals surface area (Å²) in [5.74, 6) is -0.192. The van der Waals surface area contributed by atoms with E-state index in [2.05, 4.69) is 9.80 Å². The maximum Gasteiger partial charge on any atom is 0.234 e. The van der Waals surface area contributed by atoms with Crippen LogP contribution >= 0.6 is 0 Å². The van der Waals surface area contributed by atoms with E-state index < -0.39 is 0 Å². The second kappa shape index (κ2) is 7.63. The summed E-state index contributed by atoms with van der Waals surface area (Å²) < 4.78 is 0. The number of carbonyl (C=O) groups is 1. The van der Waals surface area contributed by atoms with E-state index >= 15 is 0 Å². The van der Waals surface area contributed by atoms with E-state index in [9.17, 15) is 4.79 Å². The molecule has 17 heavy (non-hydrogen) atoms. The van der Waals surface area contributed by atoms with E-state index in [1.165, 1.54) is 0 Å². The van der Waals surface area contributed by atoms with Crippen LogP contribution < -0.4 is 11.5 Å². The van der Waals surface area contributed by atoms with Crippen molar-refractivity contribution in [3.8, 4) is 0 Å². The van der Waals surface area contributed by atoms with Crippen LogP contribution in [0.15, 0.2) is 0 Å². The van der Waals surface area contributed by atoms with Crippen molar-refractivity contribution < 1.29 is 4.79 Å². The van der Waals surface area contributed by atoms with E-state index in [0.717, 1.165) is 58.5 Å². The summed E-state index contributed by atoms with van der Waals surface area (Å²) in [6.45, 7) is 7.87. The summed E-state index contributed by atoms with van der Waals surface area (Å²) in [5, 5.41) is 0. The van der Waals surface area contributed by atoms with Gasteiger partial charge in [-0.2, -0.15) is 0 Å². The zero-order valence-electron chi connectivity index (χ0n) is 10.9. The van der Waals surface area contributed by atoms with Gasteiger partial charge in [0.05, 0.1) is 6.04 Å². The molecule has 0 aromatic heterocycles. The predicted octanol–water partition coefficient (Wildman–Crippen LogP) is -0.393. The Morgan fingerprint density at radius 3 is 2.65 bits per heavy atom. The van der Waals surface area contributed by atoms with E-state index in [-0.39, 0.29) is 11.9 Å². The van der Waals surface area contributed by atoms with Crippen molar-refractivity contribution in [1.29, 1.82) is 0 Å². The van der Waals surface area contributed by atoms with Crippen LogP contribution in [0.25, 0.3) is 0 Å². The van der Waals surface area contributed by atoms with Gasteiger partial charge in [-0.05, 0) is 38.9 Å². The van der Waals surface area contributed by atoms with Crippen LogP contribution in [0.3, 0.4) is 0 Å². The SMILES string of the molecule is CCC(C(N)=O)N1CCCN(CCCN)CC1. The number of hydrogen-bond acceptors (Lipinski definition) is 4. The fraction of sp³-hybridized carbons (Fsp3) is 0.917. The molecule has 1 atom stereocenters. The number of rotatable bonds is 6. The molecular weight excluding hydrogens is 216 g/mol. The number of nitrogens with two attached hydrogens (primary N) is 2. The van der Waals surface area contributed by atoms with Crippen molar-refractivity contribution in [1.82, 2.24) is 9.80 Å². The van der Waals surface area contributed by atoms with Crippen LogP contribution in [0.4, 0.5) is 0 Å². The van der Waals surface area contributed by atoms with Crippen molar-refractivity contribution in [3.05, 3.63) is 0 Å². The zero-order valence-corrected chi connectivity index (χ0v) is 10.9. The van der Waals surface area contributed by atoms with Crippen LogP contribution in [-0.4, -0.2) is 61.0 Å². The molecule has 1 heterocycles. The molecule has 1 aliphatic heterocycles. The van der Waals surface area contributed by atoms with E-state index in [4.69, 9.17) is 11.5 Å². The third-order valence-corrected chi connectivity index (χ3v) is 3.46. The Balaban J connectivity index is 2.43. The van der Waals surface area contributed by atoms with Crippen LogP contribution in [0.2, 0.25) is 0 Å². The average Bonchev–Trinajstić information content (AvgIpc) is 2.53. The number of hydrogen-bond donors (Lipinski definition) is 2. The van der Waals surface area contributed by atoms with Gasteiger partial charge in [-0.1, -0.05) is 6.92 Å². The molecule has 1 unspecified atom stereocenters. The van der Waals surface area contributed by atoms with Gasteiger partial charge in [-0.3, -0.25) is 9.69 Å². The molecule has 4 N–H and O–H groups in total. The molecule has 0 spiro atoms. The van der Waals surface area contributed by atoms with Gasteiger partial charge < -0.3 is 16.4 Å². The maximum absolute atomic E-state index is 11.3. The van der Waals surface area contributed by atoms with E-state index in [0.29, 0.717) is 0 Å². The fourth-order valence-electron chi connectivity index (χ4n) is 2.48. The third kappa shape index (κ3) is 4.61. The zero-order chi connectivity index (χ0) is 12.7. The first-order valence-corrected chi connectivity index (χ1v) is 6.64. The summed E-state index contributed by atoms with van der Waals surface area (Å²) in [6, 6.07) is -0.0931. The molecule has 5 heteroatoms. The minimum Gasteiger partial charge on any atom is -0.368 e. The van der Waals surface area contributed by atoms with Gasteiger partial charge in [0.1, 0.15) is 0 Å².